The Bertz CT molecular complexity index is 596. The number of H-pyrrole nitrogens is 1. The summed E-state index contributed by atoms with van der Waals surface area (Å²) < 4.78 is 0. The van der Waals surface area contributed by atoms with Crippen molar-refractivity contribution in [2.45, 2.75) is 13.0 Å². The van der Waals surface area contributed by atoms with Gasteiger partial charge in [0.2, 0.25) is 0 Å². The number of fused-ring (bicyclic) bond motifs is 1. The molecule has 2 aromatic rings. The number of hydrogen-bond acceptors (Lipinski definition) is 3. The van der Waals surface area contributed by atoms with Crippen LogP contribution < -0.4 is 10.6 Å². The molecule has 1 aliphatic rings. The maximum atomic E-state index is 11.7. The minimum Gasteiger partial charge on any atom is -0.337 e. The smallest absolute Gasteiger partial charge is 0.319 e. The zero-order valence-corrected chi connectivity index (χ0v) is 11.8. The van der Waals surface area contributed by atoms with Crippen LogP contribution in [0.1, 0.15) is 11.1 Å². The molecule has 0 spiro atoms. The number of nitrogens with zero attached hydrogens (tertiary/aromatic N) is 2. The Hall–Kier alpha value is -2.34. The van der Waals surface area contributed by atoms with E-state index in [2.05, 4.69) is 50.0 Å². The zero-order chi connectivity index (χ0) is 14.5. The number of aromatic amines is 1. The number of aromatic nitrogens is 2. The van der Waals surface area contributed by atoms with Crippen LogP contribution in [0.5, 0.6) is 0 Å². The third kappa shape index (κ3) is 3.61. The van der Waals surface area contributed by atoms with Crippen molar-refractivity contribution >= 4 is 11.7 Å². The molecule has 1 aromatic heterocycles. The molecule has 0 saturated carbocycles. The zero-order valence-electron chi connectivity index (χ0n) is 11.8. The van der Waals surface area contributed by atoms with Gasteiger partial charge in [0.25, 0.3) is 0 Å². The fourth-order valence-electron chi connectivity index (χ4n) is 2.57. The monoisotopic (exact) mass is 285 g/mol. The summed E-state index contributed by atoms with van der Waals surface area (Å²) in [6, 6.07) is 8.35. The molecule has 6 nitrogen and oxygen atoms in total. The minimum absolute atomic E-state index is 0.200. The molecule has 6 heteroatoms. The summed E-state index contributed by atoms with van der Waals surface area (Å²) in [4.78, 5) is 14.0. The van der Waals surface area contributed by atoms with Crippen molar-refractivity contribution in [1.29, 1.82) is 0 Å². The van der Waals surface area contributed by atoms with E-state index in [9.17, 15) is 4.79 Å². The molecule has 3 rings (SSSR count). The maximum Gasteiger partial charge on any atom is 0.319 e. The summed E-state index contributed by atoms with van der Waals surface area (Å²) >= 11 is 0. The number of carbonyl (C=O) groups excluding carboxylic acids is 1. The highest BCUT2D eigenvalue weighted by molar-refractivity contribution is 5.88. The van der Waals surface area contributed by atoms with Gasteiger partial charge in [0.05, 0.1) is 11.9 Å². The summed E-state index contributed by atoms with van der Waals surface area (Å²) in [5, 5.41) is 12.0. The Morgan fingerprint density at radius 2 is 2.19 bits per heavy atom. The predicted octanol–water partition coefficient (Wildman–Crippen LogP) is 1.59. The highest BCUT2D eigenvalue weighted by atomic mass is 16.2. The summed E-state index contributed by atoms with van der Waals surface area (Å²) in [7, 11) is 0. The van der Waals surface area contributed by atoms with Crippen LogP contribution in [0.4, 0.5) is 10.5 Å². The van der Waals surface area contributed by atoms with Gasteiger partial charge in [-0.05, 0) is 17.5 Å². The van der Waals surface area contributed by atoms with Gasteiger partial charge in [-0.3, -0.25) is 10.00 Å². The minimum atomic E-state index is -0.200. The van der Waals surface area contributed by atoms with Crippen LogP contribution in [-0.4, -0.2) is 40.8 Å². The van der Waals surface area contributed by atoms with Gasteiger partial charge in [-0.25, -0.2) is 4.79 Å². The van der Waals surface area contributed by atoms with Gasteiger partial charge in [-0.15, -0.1) is 0 Å². The molecule has 2 heterocycles. The van der Waals surface area contributed by atoms with Crippen molar-refractivity contribution in [1.82, 2.24) is 20.4 Å². The standard InChI is InChI=1S/C15H19N5O/c21-15(19-14-9-17-18-10-14)16-6-8-20-7-5-12-3-1-2-4-13(12)11-20/h1-4,9-10H,5-8,11H2,(H,17,18)(H2,16,19,21). The second-order valence-electron chi connectivity index (χ2n) is 5.16. The Morgan fingerprint density at radius 3 is 3.00 bits per heavy atom. The first-order valence-corrected chi connectivity index (χ1v) is 7.14. The summed E-state index contributed by atoms with van der Waals surface area (Å²) in [6.07, 6.45) is 4.29. The van der Waals surface area contributed by atoms with Gasteiger partial charge in [0.15, 0.2) is 0 Å². The van der Waals surface area contributed by atoms with Gasteiger partial charge < -0.3 is 10.6 Å². The van der Waals surface area contributed by atoms with Crippen LogP contribution in [0.15, 0.2) is 36.7 Å². The molecule has 0 bridgehead atoms. The van der Waals surface area contributed by atoms with E-state index in [1.54, 1.807) is 12.4 Å². The largest absolute Gasteiger partial charge is 0.337 e. The SMILES string of the molecule is O=C(NCCN1CCc2ccccc2C1)Nc1cn[nH]c1. The molecule has 0 fully saturated rings. The molecule has 1 aromatic carbocycles. The molecule has 0 aliphatic carbocycles. The van der Waals surface area contributed by atoms with Crippen LogP contribution in [0.3, 0.4) is 0 Å². The third-order valence-electron chi connectivity index (χ3n) is 3.68. The lowest BCUT2D eigenvalue weighted by atomic mass is 10.00. The lowest BCUT2D eigenvalue weighted by Gasteiger charge is -2.28. The first kappa shape index (κ1) is 13.6. The average Bonchev–Trinajstić information content (AvgIpc) is 3.00. The molecule has 110 valence electrons. The highest BCUT2D eigenvalue weighted by Crippen LogP contribution is 2.17. The Kier molecular flexibility index (Phi) is 4.16. The van der Waals surface area contributed by atoms with E-state index >= 15 is 0 Å². The molecular weight excluding hydrogens is 266 g/mol. The molecule has 3 N–H and O–H groups in total. The fourth-order valence-corrected chi connectivity index (χ4v) is 2.57. The van der Waals surface area contributed by atoms with E-state index in [4.69, 9.17) is 0 Å². The van der Waals surface area contributed by atoms with Crippen molar-refractivity contribution in [3.63, 3.8) is 0 Å². The molecule has 0 atom stereocenters. The summed E-state index contributed by atoms with van der Waals surface area (Å²) in [5.74, 6) is 0. The molecular formula is C15H19N5O. The van der Waals surface area contributed by atoms with Crippen molar-refractivity contribution in [2.75, 3.05) is 25.0 Å². The van der Waals surface area contributed by atoms with E-state index in [-0.39, 0.29) is 6.03 Å². The topological polar surface area (TPSA) is 73.1 Å². The van der Waals surface area contributed by atoms with Crippen LogP contribution in [0.2, 0.25) is 0 Å². The lowest BCUT2D eigenvalue weighted by molar-refractivity contribution is 0.239. The Labute approximate surface area is 123 Å². The van der Waals surface area contributed by atoms with Gasteiger partial charge in [0.1, 0.15) is 0 Å². The molecule has 0 unspecified atom stereocenters. The number of carbonyl (C=O) groups is 1. The van der Waals surface area contributed by atoms with Crippen molar-refractivity contribution < 1.29 is 4.79 Å². The molecule has 2 amide bonds. The van der Waals surface area contributed by atoms with Gasteiger partial charge >= 0.3 is 6.03 Å². The van der Waals surface area contributed by atoms with E-state index in [1.807, 2.05) is 0 Å². The molecule has 21 heavy (non-hydrogen) atoms. The Morgan fingerprint density at radius 1 is 1.33 bits per heavy atom. The molecule has 1 aliphatic heterocycles. The second-order valence-corrected chi connectivity index (χ2v) is 5.16. The number of benzene rings is 1. The van der Waals surface area contributed by atoms with E-state index in [1.165, 1.54) is 11.1 Å². The van der Waals surface area contributed by atoms with Gasteiger partial charge in [-0.2, -0.15) is 5.10 Å². The number of rotatable bonds is 4. The van der Waals surface area contributed by atoms with E-state index in [0.29, 0.717) is 12.2 Å². The summed E-state index contributed by atoms with van der Waals surface area (Å²) in [6.45, 7) is 3.49. The highest BCUT2D eigenvalue weighted by Gasteiger charge is 2.15. The molecule has 0 saturated heterocycles. The maximum absolute atomic E-state index is 11.7. The Balaban J connectivity index is 1.41. The average molecular weight is 285 g/mol. The molecule has 0 radical (unpaired) electrons. The predicted molar refractivity (Wildman–Crippen MR) is 81.0 cm³/mol. The number of urea groups is 1. The van der Waals surface area contributed by atoms with E-state index in [0.717, 1.165) is 26.1 Å². The van der Waals surface area contributed by atoms with Gasteiger partial charge in [0, 0.05) is 32.4 Å². The number of anilines is 1. The van der Waals surface area contributed by atoms with Crippen LogP contribution in [0.25, 0.3) is 0 Å². The van der Waals surface area contributed by atoms with Gasteiger partial charge in [-0.1, -0.05) is 24.3 Å². The van der Waals surface area contributed by atoms with E-state index < -0.39 is 0 Å². The normalized spacial score (nSPS) is 14.5. The quantitative estimate of drug-likeness (QED) is 0.798. The third-order valence-corrected chi connectivity index (χ3v) is 3.68. The second kappa shape index (κ2) is 6.41. The number of hydrogen-bond donors (Lipinski definition) is 3. The van der Waals surface area contributed by atoms with Crippen LogP contribution in [-0.2, 0) is 13.0 Å². The van der Waals surface area contributed by atoms with Crippen LogP contribution in [0, 0.1) is 0 Å². The number of nitrogens with one attached hydrogen (secondary N) is 3. The lowest BCUT2D eigenvalue weighted by Crippen LogP contribution is -2.39. The first-order valence-electron chi connectivity index (χ1n) is 7.14. The summed E-state index contributed by atoms with van der Waals surface area (Å²) in [5.41, 5.74) is 3.51. The van der Waals surface area contributed by atoms with Crippen molar-refractivity contribution in [2.24, 2.45) is 0 Å². The fraction of sp³-hybridized carbons (Fsp3) is 0.333. The van der Waals surface area contributed by atoms with Crippen molar-refractivity contribution in [3.05, 3.63) is 47.8 Å². The van der Waals surface area contributed by atoms with Crippen LogP contribution >= 0.6 is 0 Å². The number of amides is 2. The van der Waals surface area contributed by atoms with Crippen molar-refractivity contribution in [3.8, 4) is 0 Å². The first-order chi connectivity index (χ1) is 10.3.